The molecule has 0 aromatic heterocycles. The first-order valence-corrected chi connectivity index (χ1v) is 7.78. The van der Waals surface area contributed by atoms with Crippen molar-refractivity contribution in [1.82, 2.24) is 0 Å². The Morgan fingerprint density at radius 2 is 1.95 bits per heavy atom. The number of benzene rings is 1. The van der Waals surface area contributed by atoms with Gasteiger partial charge in [0.15, 0.2) is 5.60 Å². The second-order valence-electron chi connectivity index (χ2n) is 7.06. The van der Waals surface area contributed by atoms with Crippen LogP contribution in [0.1, 0.15) is 50.8 Å². The zero-order chi connectivity index (χ0) is 16.5. The van der Waals surface area contributed by atoms with Crippen LogP contribution in [-0.4, -0.2) is 30.4 Å². The molecule has 22 heavy (non-hydrogen) atoms. The highest BCUT2D eigenvalue weighted by molar-refractivity contribution is 6.47. The van der Waals surface area contributed by atoms with Crippen molar-refractivity contribution in [1.29, 1.82) is 0 Å². The molecule has 1 radical (unpaired) electrons. The Bertz CT molecular complexity index is 550. The molecule has 1 heterocycles. The van der Waals surface area contributed by atoms with E-state index in [2.05, 4.69) is 0 Å². The van der Waals surface area contributed by atoms with Crippen molar-refractivity contribution in [3.63, 3.8) is 0 Å². The molecular weight excluding hydrogens is 282 g/mol. The summed E-state index contributed by atoms with van der Waals surface area (Å²) in [6, 6.07) is 1.51. The van der Waals surface area contributed by atoms with Crippen molar-refractivity contribution in [2.45, 2.75) is 65.3 Å². The molecule has 0 fully saturated rings. The number of hydrogen-bond acceptors (Lipinski definition) is 2. The standard InChI is InChI=1S/C17H25BFO3/c1-11-12-7-6-8-21-10-13(12)15(19)9-14(11)18-22-17(4,5)16(2,3)20/h9,20H,6-8,10H2,1-5H3/p+1. The highest BCUT2D eigenvalue weighted by Gasteiger charge is 2.40. The van der Waals surface area contributed by atoms with Gasteiger partial charge in [0.1, 0.15) is 11.4 Å². The molecule has 3 nitrogen and oxygen atoms in total. The summed E-state index contributed by atoms with van der Waals surface area (Å²) in [6.45, 7) is 10.4. The Labute approximate surface area is 133 Å². The Kier molecular flexibility index (Phi) is 5.00. The molecule has 0 bridgehead atoms. The van der Waals surface area contributed by atoms with Gasteiger partial charge in [-0.05, 0) is 50.7 Å². The Morgan fingerprint density at radius 1 is 1.27 bits per heavy atom. The average Bonchev–Trinajstić information content (AvgIpc) is 2.66. The number of hydrogen-bond donors (Lipinski definition) is 0. The van der Waals surface area contributed by atoms with E-state index in [1.165, 1.54) is 6.07 Å². The Morgan fingerprint density at radius 3 is 2.59 bits per heavy atom. The third-order valence-electron chi connectivity index (χ3n) is 4.77. The molecule has 2 rings (SSSR count). The molecule has 121 valence electrons. The van der Waals surface area contributed by atoms with Gasteiger partial charge >= 0.3 is 7.48 Å². The summed E-state index contributed by atoms with van der Waals surface area (Å²) in [6.07, 6.45) is 1.73. The lowest BCUT2D eigenvalue weighted by Crippen LogP contribution is -2.49. The van der Waals surface area contributed by atoms with Crippen molar-refractivity contribution in [2.75, 3.05) is 6.61 Å². The van der Waals surface area contributed by atoms with E-state index in [0.717, 1.165) is 29.4 Å². The van der Waals surface area contributed by atoms with Crippen LogP contribution in [0.4, 0.5) is 4.39 Å². The van der Waals surface area contributed by atoms with E-state index in [-0.39, 0.29) is 5.82 Å². The van der Waals surface area contributed by atoms with E-state index >= 15 is 0 Å². The number of ether oxygens (including phenoxy) is 1. The van der Waals surface area contributed by atoms with Gasteiger partial charge in [-0.2, -0.15) is 0 Å². The molecule has 1 aromatic carbocycles. The van der Waals surface area contributed by atoms with Crippen molar-refractivity contribution < 1.29 is 18.9 Å². The fourth-order valence-corrected chi connectivity index (χ4v) is 2.38. The minimum Gasteiger partial charge on any atom is -0.439 e. The van der Waals surface area contributed by atoms with Gasteiger partial charge in [-0.15, -0.1) is 0 Å². The van der Waals surface area contributed by atoms with E-state index in [1.807, 2.05) is 34.6 Å². The zero-order valence-corrected chi connectivity index (χ0v) is 14.2. The number of halogens is 1. The second-order valence-corrected chi connectivity index (χ2v) is 7.06. The molecule has 0 aliphatic carbocycles. The van der Waals surface area contributed by atoms with Gasteiger partial charge in [-0.3, -0.25) is 0 Å². The van der Waals surface area contributed by atoms with Gasteiger partial charge in [0.25, 0.3) is 0 Å². The van der Waals surface area contributed by atoms with Crippen molar-refractivity contribution in [3.8, 4) is 0 Å². The molecule has 0 saturated carbocycles. The molecule has 1 aliphatic heterocycles. The van der Waals surface area contributed by atoms with Gasteiger partial charge in [0, 0.05) is 26.0 Å². The topological polar surface area (TPSA) is 41.4 Å². The first-order valence-electron chi connectivity index (χ1n) is 7.78. The third-order valence-corrected chi connectivity index (χ3v) is 4.77. The van der Waals surface area contributed by atoms with Crippen LogP contribution in [0.3, 0.4) is 0 Å². The second kappa shape index (κ2) is 6.30. The number of rotatable bonds is 4. The maximum absolute atomic E-state index is 14.4. The lowest BCUT2D eigenvalue weighted by molar-refractivity contribution is -0.0893. The van der Waals surface area contributed by atoms with Crippen LogP contribution in [-0.2, 0) is 22.4 Å². The van der Waals surface area contributed by atoms with Crippen molar-refractivity contribution >= 4 is 12.9 Å². The van der Waals surface area contributed by atoms with Crippen LogP contribution in [0.2, 0.25) is 0 Å². The SMILES string of the molecule is Cc1c([B]OC(C)(C)C(C)(C)[OH2+])cc(F)c2c1CCCOC2. The van der Waals surface area contributed by atoms with E-state index in [9.17, 15) is 4.39 Å². The van der Waals surface area contributed by atoms with Crippen LogP contribution < -0.4 is 5.46 Å². The Hall–Kier alpha value is -0.905. The van der Waals surface area contributed by atoms with Gasteiger partial charge in [-0.25, -0.2) is 4.39 Å². The van der Waals surface area contributed by atoms with Crippen LogP contribution in [0, 0.1) is 12.7 Å². The largest absolute Gasteiger partial charge is 0.439 e. The van der Waals surface area contributed by atoms with Gasteiger partial charge in [0.2, 0.25) is 0 Å². The van der Waals surface area contributed by atoms with Crippen LogP contribution in [0.15, 0.2) is 6.07 Å². The predicted molar refractivity (Wildman–Crippen MR) is 87.4 cm³/mol. The lowest BCUT2D eigenvalue weighted by atomic mass is 9.78. The van der Waals surface area contributed by atoms with Gasteiger partial charge in [0.05, 0.1) is 6.61 Å². The molecule has 1 aliphatic rings. The minimum absolute atomic E-state index is 0.236. The quantitative estimate of drug-likeness (QED) is 0.632. The maximum Gasteiger partial charge on any atom is 0.331 e. The molecule has 0 spiro atoms. The highest BCUT2D eigenvalue weighted by atomic mass is 19.1. The predicted octanol–water partition coefficient (Wildman–Crippen LogP) is 2.14. The highest BCUT2D eigenvalue weighted by Crippen LogP contribution is 2.26. The average molecular weight is 308 g/mol. The monoisotopic (exact) mass is 308 g/mol. The first kappa shape index (κ1) is 17.4. The summed E-state index contributed by atoms with van der Waals surface area (Å²) in [7, 11) is 1.60. The van der Waals surface area contributed by atoms with E-state index in [1.54, 1.807) is 7.48 Å². The van der Waals surface area contributed by atoms with Gasteiger partial charge in [-0.1, -0.05) is 5.56 Å². The molecule has 2 N–H and O–H groups in total. The normalized spacial score (nSPS) is 16.1. The Balaban J connectivity index is 2.26. The van der Waals surface area contributed by atoms with E-state index in [0.29, 0.717) is 18.8 Å². The van der Waals surface area contributed by atoms with E-state index < -0.39 is 11.2 Å². The molecule has 0 saturated heterocycles. The first-order chi connectivity index (χ1) is 10.1. The molecular formula is C17H26BFO3+. The molecule has 0 amide bonds. The third kappa shape index (κ3) is 3.53. The summed E-state index contributed by atoms with van der Waals surface area (Å²) >= 11 is 0. The lowest BCUT2D eigenvalue weighted by Gasteiger charge is -2.34. The van der Waals surface area contributed by atoms with Crippen LogP contribution in [0.25, 0.3) is 0 Å². The zero-order valence-electron chi connectivity index (χ0n) is 14.2. The summed E-state index contributed by atoms with van der Waals surface area (Å²) in [4.78, 5) is 0. The minimum atomic E-state index is -0.754. The van der Waals surface area contributed by atoms with Crippen LogP contribution >= 0.6 is 0 Å². The summed E-state index contributed by atoms with van der Waals surface area (Å²) in [5.74, 6) is -0.236. The smallest absolute Gasteiger partial charge is 0.331 e. The fraction of sp³-hybridized carbons (Fsp3) is 0.647. The van der Waals surface area contributed by atoms with Crippen molar-refractivity contribution in [3.05, 3.63) is 28.6 Å². The summed E-state index contributed by atoms with van der Waals surface area (Å²) < 4.78 is 25.6. The molecule has 1 aromatic rings. The van der Waals surface area contributed by atoms with E-state index in [4.69, 9.17) is 14.5 Å². The maximum atomic E-state index is 14.4. The molecule has 0 atom stereocenters. The van der Waals surface area contributed by atoms with Crippen LogP contribution in [0.5, 0.6) is 0 Å². The van der Waals surface area contributed by atoms with Gasteiger partial charge < -0.3 is 14.5 Å². The molecule has 5 heteroatoms. The molecule has 0 unspecified atom stereocenters. The fourth-order valence-electron chi connectivity index (χ4n) is 2.38. The summed E-state index contributed by atoms with van der Waals surface area (Å²) in [5, 5.41) is 8.14. The number of fused-ring (bicyclic) bond motifs is 1. The van der Waals surface area contributed by atoms with Crippen molar-refractivity contribution in [2.24, 2.45) is 0 Å². The summed E-state index contributed by atoms with van der Waals surface area (Å²) in [5.41, 5.74) is 2.08.